The van der Waals surface area contributed by atoms with Crippen LogP contribution >= 0.6 is 11.6 Å². The predicted octanol–water partition coefficient (Wildman–Crippen LogP) is 5.25. The summed E-state index contributed by atoms with van der Waals surface area (Å²) in [6.45, 7) is 1.89. The van der Waals surface area contributed by atoms with Gasteiger partial charge in [-0.2, -0.15) is 0 Å². The Morgan fingerprint density at radius 2 is 1.52 bits per heavy atom. The van der Waals surface area contributed by atoms with Crippen molar-refractivity contribution in [2.45, 2.75) is 11.8 Å². The fraction of sp³-hybridized carbons (Fsp3) is 0.100. The highest BCUT2D eigenvalue weighted by atomic mass is 35.5. The lowest BCUT2D eigenvalue weighted by Crippen LogP contribution is -2.13. The van der Waals surface area contributed by atoms with E-state index in [4.69, 9.17) is 21.1 Å². The number of halogens is 1. The third kappa shape index (κ3) is 4.72. The molecule has 0 fully saturated rings. The first-order chi connectivity index (χ1) is 12.9. The fourth-order valence-corrected chi connectivity index (χ4v) is 3.60. The van der Waals surface area contributed by atoms with E-state index in [2.05, 4.69) is 4.72 Å². The SMILES string of the molecule is COc1ccc(Oc2ccc(Cl)cc2NS(=O)(=O)c2ccc(C)cc2)cc1. The van der Waals surface area contributed by atoms with Crippen LogP contribution in [0.3, 0.4) is 0 Å². The molecule has 0 unspecified atom stereocenters. The Balaban J connectivity index is 1.90. The standard InChI is InChI=1S/C20H18ClNO4S/c1-14-3-10-18(11-4-14)27(23,24)22-19-13-15(21)5-12-20(19)26-17-8-6-16(25-2)7-9-17/h3-13,22H,1-2H3. The molecule has 0 radical (unpaired) electrons. The molecule has 0 atom stereocenters. The van der Waals surface area contributed by atoms with Gasteiger partial charge in [0, 0.05) is 5.02 Å². The highest BCUT2D eigenvalue weighted by Gasteiger charge is 2.17. The number of ether oxygens (including phenoxy) is 2. The predicted molar refractivity (Wildman–Crippen MR) is 107 cm³/mol. The molecule has 0 saturated carbocycles. The molecule has 0 aliphatic heterocycles. The van der Waals surface area contributed by atoms with E-state index in [1.807, 2.05) is 6.92 Å². The zero-order chi connectivity index (χ0) is 19.4. The maximum atomic E-state index is 12.7. The number of nitrogens with one attached hydrogen (secondary N) is 1. The van der Waals surface area contributed by atoms with Crippen LogP contribution in [0.2, 0.25) is 5.02 Å². The van der Waals surface area contributed by atoms with Crippen molar-refractivity contribution in [3.8, 4) is 17.2 Å². The van der Waals surface area contributed by atoms with Gasteiger partial charge in [-0.15, -0.1) is 0 Å². The minimum atomic E-state index is -3.78. The Hall–Kier alpha value is -2.70. The largest absolute Gasteiger partial charge is 0.497 e. The maximum absolute atomic E-state index is 12.7. The fourth-order valence-electron chi connectivity index (χ4n) is 2.36. The summed E-state index contributed by atoms with van der Waals surface area (Å²) in [5.74, 6) is 1.56. The molecule has 3 aromatic rings. The van der Waals surface area contributed by atoms with E-state index in [1.54, 1.807) is 67.8 Å². The average molecular weight is 404 g/mol. The van der Waals surface area contributed by atoms with Crippen molar-refractivity contribution in [2.24, 2.45) is 0 Å². The quantitative estimate of drug-likeness (QED) is 0.610. The first-order valence-corrected chi connectivity index (χ1v) is 9.94. The highest BCUT2D eigenvalue weighted by molar-refractivity contribution is 7.92. The highest BCUT2D eigenvalue weighted by Crippen LogP contribution is 2.34. The molecule has 27 heavy (non-hydrogen) atoms. The molecule has 0 saturated heterocycles. The summed E-state index contributed by atoms with van der Waals surface area (Å²) >= 11 is 6.05. The molecule has 140 valence electrons. The number of hydrogen-bond donors (Lipinski definition) is 1. The molecule has 0 aliphatic rings. The summed E-state index contributed by atoms with van der Waals surface area (Å²) in [5.41, 5.74) is 1.22. The van der Waals surface area contributed by atoms with Gasteiger partial charge in [-0.1, -0.05) is 29.3 Å². The number of aryl methyl sites for hydroxylation is 1. The molecule has 0 aromatic heterocycles. The van der Waals surface area contributed by atoms with Gasteiger partial charge in [-0.25, -0.2) is 8.42 Å². The van der Waals surface area contributed by atoms with Crippen molar-refractivity contribution in [3.63, 3.8) is 0 Å². The minimum absolute atomic E-state index is 0.156. The van der Waals surface area contributed by atoms with Gasteiger partial charge in [0.15, 0.2) is 5.75 Å². The lowest BCUT2D eigenvalue weighted by atomic mass is 10.2. The van der Waals surface area contributed by atoms with Crippen molar-refractivity contribution in [2.75, 3.05) is 11.8 Å². The van der Waals surface area contributed by atoms with Crippen LogP contribution in [0.15, 0.2) is 71.6 Å². The van der Waals surface area contributed by atoms with E-state index < -0.39 is 10.0 Å². The van der Waals surface area contributed by atoms with Crippen LogP contribution in [0.5, 0.6) is 17.2 Å². The topological polar surface area (TPSA) is 64.6 Å². The van der Waals surface area contributed by atoms with Crippen LogP contribution in [0.25, 0.3) is 0 Å². The Kier molecular flexibility index (Phi) is 5.58. The Morgan fingerprint density at radius 1 is 0.889 bits per heavy atom. The van der Waals surface area contributed by atoms with Gasteiger partial charge < -0.3 is 9.47 Å². The minimum Gasteiger partial charge on any atom is -0.497 e. The lowest BCUT2D eigenvalue weighted by molar-refractivity contribution is 0.413. The summed E-state index contributed by atoms with van der Waals surface area (Å²) in [5, 5.41) is 0.388. The van der Waals surface area contributed by atoms with Gasteiger partial charge >= 0.3 is 0 Å². The van der Waals surface area contributed by atoms with E-state index in [-0.39, 0.29) is 10.6 Å². The van der Waals surface area contributed by atoms with Gasteiger partial charge in [-0.3, -0.25) is 4.72 Å². The summed E-state index contributed by atoms with van der Waals surface area (Å²) in [4.78, 5) is 0.156. The van der Waals surface area contributed by atoms with Crippen LogP contribution < -0.4 is 14.2 Å². The van der Waals surface area contributed by atoms with Crippen LogP contribution in [-0.2, 0) is 10.0 Å². The Labute approximate surface area is 163 Å². The van der Waals surface area contributed by atoms with E-state index in [9.17, 15) is 8.42 Å². The van der Waals surface area contributed by atoms with E-state index in [0.717, 1.165) is 5.56 Å². The van der Waals surface area contributed by atoms with Crippen molar-refractivity contribution >= 4 is 27.3 Å². The van der Waals surface area contributed by atoms with Crippen LogP contribution in [-0.4, -0.2) is 15.5 Å². The van der Waals surface area contributed by atoms with Gasteiger partial charge in [0.25, 0.3) is 10.0 Å². The second-order valence-electron chi connectivity index (χ2n) is 5.84. The summed E-state index contributed by atoms with van der Waals surface area (Å²) in [7, 11) is -2.20. The van der Waals surface area contributed by atoms with Crippen molar-refractivity contribution in [3.05, 3.63) is 77.3 Å². The van der Waals surface area contributed by atoms with Gasteiger partial charge in [-0.05, 0) is 61.5 Å². The first-order valence-electron chi connectivity index (χ1n) is 8.08. The van der Waals surface area contributed by atoms with Crippen LogP contribution in [0.1, 0.15) is 5.56 Å². The number of rotatable bonds is 6. The van der Waals surface area contributed by atoms with Crippen molar-refractivity contribution in [1.82, 2.24) is 0 Å². The number of anilines is 1. The number of methoxy groups -OCH3 is 1. The van der Waals surface area contributed by atoms with E-state index in [0.29, 0.717) is 22.3 Å². The number of benzene rings is 3. The molecule has 0 heterocycles. The van der Waals surface area contributed by atoms with E-state index >= 15 is 0 Å². The average Bonchev–Trinajstić information content (AvgIpc) is 2.64. The van der Waals surface area contributed by atoms with Crippen molar-refractivity contribution in [1.29, 1.82) is 0 Å². The van der Waals surface area contributed by atoms with Gasteiger partial charge in [0.2, 0.25) is 0 Å². The normalized spacial score (nSPS) is 11.1. The molecule has 0 amide bonds. The number of hydrogen-bond acceptors (Lipinski definition) is 4. The Morgan fingerprint density at radius 3 is 2.15 bits per heavy atom. The molecular formula is C20H18ClNO4S. The Bertz CT molecular complexity index is 1030. The molecule has 7 heteroatoms. The summed E-state index contributed by atoms with van der Waals surface area (Å²) in [6.07, 6.45) is 0. The monoisotopic (exact) mass is 403 g/mol. The van der Waals surface area contributed by atoms with Crippen LogP contribution in [0, 0.1) is 6.92 Å². The second kappa shape index (κ2) is 7.90. The maximum Gasteiger partial charge on any atom is 0.262 e. The molecule has 3 rings (SSSR count). The second-order valence-corrected chi connectivity index (χ2v) is 7.96. The zero-order valence-corrected chi connectivity index (χ0v) is 16.3. The molecule has 5 nitrogen and oxygen atoms in total. The third-order valence-corrected chi connectivity index (χ3v) is 5.42. The zero-order valence-electron chi connectivity index (χ0n) is 14.8. The molecule has 3 aromatic carbocycles. The molecule has 0 bridgehead atoms. The van der Waals surface area contributed by atoms with Gasteiger partial charge in [0.05, 0.1) is 17.7 Å². The molecule has 0 spiro atoms. The first kappa shape index (κ1) is 19.1. The van der Waals surface area contributed by atoms with E-state index in [1.165, 1.54) is 6.07 Å². The van der Waals surface area contributed by atoms with Crippen LogP contribution in [0.4, 0.5) is 5.69 Å². The number of sulfonamides is 1. The smallest absolute Gasteiger partial charge is 0.262 e. The third-order valence-electron chi connectivity index (χ3n) is 3.80. The summed E-state index contributed by atoms with van der Waals surface area (Å²) in [6, 6.07) is 18.3. The van der Waals surface area contributed by atoms with Crippen molar-refractivity contribution < 1.29 is 17.9 Å². The van der Waals surface area contributed by atoms with Gasteiger partial charge in [0.1, 0.15) is 11.5 Å². The molecule has 0 aliphatic carbocycles. The molecular weight excluding hydrogens is 386 g/mol. The molecule has 1 N–H and O–H groups in total. The lowest BCUT2D eigenvalue weighted by Gasteiger charge is -2.14. The summed E-state index contributed by atoms with van der Waals surface area (Å²) < 4.78 is 38.9.